The molecule has 0 aliphatic carbocycles. The van der Waals surface area contributed by atoms with Crippen LogP contribution in [0, 0.1) is 5.92 Å². The first-order chi connectivity index (χ1) is 14.9. The van der Waals surface area contributed by atoms with Crippen LogP contribution in [0.4, 0.5) is 0 Å². The average Bonchev–Trinajstić information content (AvgIpc) is 3.28. The van der Waals surface area contributed by atoms with E-state index in [1.54, 1.807) is 18.2 Å². The Labute approximate surface area is 184 Å². The normalized spacial score (nSPS) is 18.3. The second kappa shape index (κ2) is 9.01. The maximum absolute atomic E-state index is 13.2. The van der Waals surface area contributed by atoms with Crippen LogP contribution in [0.3, 0.4) is 0 Å². The first-order valence-electron chi connectivity index (χ1n) is 11.0. The topological polar surface area (TPSA) is 66.9 Å². The summed E-state index contributed by atoms with van der Waals surface area (Å²) in [7, 11) is -3.56. The van der Waals surface area contributed by atoms with Gasteiger partial charge in [-0.1, -0.05) is 30.3 Å². The summed E-state index contributed by atoms with van der Waals surface area (Å²) >= 11 is 0. The fourth-order valence-corrected chi connectivity index (χ4v) is 6.10. The molecule has 2 aliphatic heterocycles. The van der Waals surface area contributed by atoms with Crippen LogP contribution in [0.5, 0.6) is 5.75 Å². The Balaban J connectivity index is 1.42. The molecule has 0 aromatic heterocycles. The third-order valence-corrected chi connectivity index (χ3v) is 8.37. The van der Waals surface area contributed by atoms with Gasteiger partial charge in [0, 0.05) is 32.0 Å². The van der Waals surface area contributed by atoms with Crippen LogP contribution in [0.25, 0.3) is 0 Å². The molecule has 2 aromatic rings. The number of nitrogens with zero attached hydrogens (tertiary/aromatic N) is 2. The van der Waals surface area contributed by atoms with E-state index in [4.69, 9.17) is 4.74 Å². The minimum absolute atomic E-state index is 0.00547. The van der Waals surface area contributed by atoms with Crippen LogP contribution in [-0.4, -0.2) is 49.8 Å². The molecule has 7 heteroatoms. The number of carbonyl (C=O) groups is 1. The quantitative estimate of drug-likeness (QED) is 0.685. The highest BCUT2D eigenvalue weighted by Gasteiger charge is 2.35. The fourth-order valence-electron chi connectivity index (χ4n) is 4.58. The molecule has 2 aromatic carbocycles. The van der Waals surface area contributed by atoms with E-state index in [9.17, 15) is 13.2 Å². The van der Waals surface area contributed by atoms with Gasteiger partial charge in [-0.15, -0.1) is 0 Å². The smallest absolute Gasteiger partial charge is 0.243 e. The predicted octanol–water partition coefficient (Wildman–Crippen LogP) is 3.63. The molecule has 0 spiro atoms. The first kappa shape index (κ1) is 21.8. The number of piperidine rings is 1. The Hall–Kier alpha value is -2.38. The zero-order chi connectivity index (χ0) is 22.0. The number of benzene rings is 2. The summed E-state index contributed by atoms with van der Waals surface area (Å²) in [5.74, 6) is 0.743. The molecule has 1 atom stereocenters. The van der Waals surface area contributed by atoms with Crippen molar-refractivity contribution in [3.05, 3.63) is 59.7 Å². The largest absolute Gasteiger partial charge is 0.493 e. The molecule has 2 heterocycles. The summed E-state index contributed by atoms with van der Waals surface area (Å²) in [6, 6.07) is 15.1. The van der Waals surface area contributed by atoms with Crippen LogP contribution in [0.15, 0.2) is 53.4 Å². The molecule has 166 valence electrons. The number of carbonyl (C=O) groups excluding carboxylic acids is 1. The lowest BCUT2D eigenvalue weighted by Gasteiger charge is -2.36. The summed E-state index contributed by atoms with van der Waals surface area (Å²) in [5, 5.41) is 0. The van der Waals surface area contributed by atoms with Crippen molar-refractivity contribution in [3.63, 3.8) is 0 Å². The highest BCUT2D eigenvalue weighted by Crippen LogP contribution is 2.31. The Bertz CT molecular complexity index is 1030. The fraction of sp³-hybridized carbons (Fsp3) is 0.458. The molecule has 0 unspecified atom stereocenters. The molecule has 1 saturated heterocycles. The monoisotopic (exact) mass is 442 g/mol. The van der Waals surface area contributed by atoms with Crippen molar-refractivity contribution >= 4 is 15.9 Å². The molecule has 0 saturated carbocycles. The highest BCUT2D eigenvalue weighted by atomic mass is 32.2. The second-order valence-corrected chi connectivity index (χ2v) is 10.2. The van der Waals surface area contributed by atoms with Crippen molar-refractivity contribution in [2.24, 2.45) is 5.92 Å². The number of ether oxygens (including phenoxy) is 1. The lowest BCUT2D eigenvalue weighted by atomic mass is 9.95. The predicted molar refractivity (Wildman–Crippen MR) is 119 cm³/mol. The average molecular weight is 443 g/mol. The van der Waals surface area contributed by atoms with Gasteiger partial charge in [0.2, 0.25) is 15.9 Å². The summed E-state index contributed by atoms with van der Waals surface area (Å²) in [6.45, 7) is 6.00. The van der Waals surface area contributed by atoms with Crippen LogP contribution in [0.1, 0.15) is 43.9 Å². The highest BCUT2D eigenvalue weighted by molar-refractivity contribution is 7.89. The number of rotatable bonds is 6. The van der Waals surface area contributed by atoms with Gasteiger partial charge in [-0.3, -0.25) is 4.79 Å². The third kappa shape index (κ3) is 4.34. The molecule has 2 aliphatic rings. The number of sulfonamides is 1. The van der Waals surface area contributed by atoms with Gasteiger partial charge < -0.3 is 9.64 Å². The van der Waals surface area contributed by atoms with Crippen molar-refractivity contribution < 1.29 is 17.9 Å². The van der Waals surface area contributed by atoms with Crippen LogP contribution < -0.4 is 4.74 Å². The molecule has 0 bridgehead atoms. The first-order valence-corrected chi connectivity index (χ1v) is 12.5. The molecular weight excluding hydrogens is 412 g/mol. The maximum atomic E-state index is 13.2. The van der Waals surface area contributed by atoms with E-state index in [-0.39, 0.29) is 17.9 Å². The SMILES string of the molecule is CCN(C(=O)C1CCN(S(=O)(=O)c2ccc3c(c2)CCO3)CC1)[C@H](C)c1ccccc1. The minimum Gasteiger partial charge on any atom is -0.493 e. The lowest BCUT2D eigenvalue weighted by molar-refractivity contribution is -0.138. The lowest BCUT2D eigenvalue weighted by Crippen LogP contribution is -2.45. The Morgan fingerprint density at radius 3 is 2.55 bits per heavy atom. The zero-order valence-electron chi connectivity index (χ0n) is 18.2. The van der Waals surface area contributed by atoms with Gasteiger partial charge in [0.1, 0.15) is 5.75 Å². The van der Waals surface area contributed by atoms with Gasteiger partial charge in [0.25, 0.3) is 0 Å². The van der Waals surface area contributed by atoms with Crippen molar-refractivity contribution in [2.45, 2.75) is 44.0 Å². The molecule has 31 heavy (non-hydrogen) atoms. The third-order valence-electron chi connectivity index (χ3n) is 6.48. The Morgan fingerprint density at radius 2 is 1.87 bits per heavy atom. The summed E-state index contributed by atoms with van der Waals surface area (Å²) in [4.78, 5) is 15.5. The molecule has 1 fully saturated rings. The standard InChI is InChI=1S/C24H30N2O4S/c1-3-26(18(2)19-7-5-4-6-8-19)24(27)20-11-14-25(15-12-20)31(28,29)22-9-10-23-21(17-22)13-16-30-23/h4-10,17-18,20H,3,11-16H2,1-2H3/t18-/m1/s1. The van der Waals surface area contributed by atoms with Crippen molar-refractivity contribution in [3.8, 4) is 5.75 Å². The maximum Gasteiger partial charge on any atom is 0.243 e. The Kier molecular flexibility index (Phi) is 6.34. The van der Waals surface area contributed by atoms with Crippen LogP contribution in [0.2, 0.25) is 0 Å². The molecule has 1 amide bonds. The molecule has 6 nitrogen and oxygen atoms in total. The minimum atomic E-state index is -3.56. The van der Waals surface area contributed by atoms with Crippen molar-refractivity contribution in [2.75, 3.05) is 26.2 Å². The van der Waals surface area contributed by atoms with E-state index in [0.29, 0.717) is 44.0 Å². The van der Waals surface area contributed by atoms with Gasteiger partial charge in [0.05, 0.1) is 17.5 Å². The van der Waals surface area contributed by atoms with Crippen molar-refractivity contribution in [1.29, 1.82) is 0 Å². The van der Waals surface area contributed by atoms with Gasteiger partial charge in [-0.2, -0.15) is 4.31 Å². The number of fused-ring (bicyclic) bond motifs is 1. The second-order valence-electron chi connectivity index (χ2n) is 8.26. The van der Waals surface area contributed by atoms with Gasteiger partial charge in [0.15, 0.2) is 0 Å². The Morgan fingerprint density at radius 1 is 1.16 bits per heavy atom. The number of amides is 1. The summed E-state index contributed by atoms with van der Waals surface area (Å²) in [6.07, 6.45) is 1.83. The van der Waals surface area contributed by atoms with E-state index in [1.165, 1.54) is 4.31 Å². The van der Waals surface area contributed by atoms with Crippen LogP contribution >= 0.6 is 0 Å². The van der Waals surface area contributed by atoms with E-state index in [1.807, 2.05) is 49.1 Å². The number of hydrogen-bond acceptors (Lipinski definition) is 4. The van der Waals surface area contributed by atoms with E-state index < -0.39 is 10.0 Å². The van der Waals surface area contributed by atoms with Gasteiger partial charge in [-0.25, -0.2) is 8.42 Å². The molecular formula is C24H30N2O4S. The zero-order valence-corrected chi connectivity index (χ0v) is 19.0. The van der Waals surface area contributed by atoms with E-state index >= 15 is 0 Å². The molecule has 4 rings (SSSR count). The van der Waals surface area contributed by atoms with Crippen LogP contribution in [-0.2, 0) is 21.2 Å². The summed E-state index contributed by atoms with van der Waals surface area (Å²) in [5.41, 5.74) is 2.05. The van der Waals surface area contributed by atoms with Crippen molar-refractivity contribution in [1.82, 2.24) is 9.21 Å². The van der Waals surface area contributed by atoms with E-state index in [2.05, 4.69) is 0 Å². The molecule has 0 radical (unpaired) electrons. The van der Waals surface area contributed by atoms with E-state index in [0.717, 1.165) is 23.3 Å². The molecule has 0 N–H and O–H groups in total. The van der Waals surface area contributed by atoms with Gasteiger partial charge >= 0.3 is 0 Å². The van der Waals surface area contributed by atoms with Gasteiger partial charge in [-0.05, 0) is 56.0 Å². The summed E-state index contributed by atoms with van der Waals surface area (Å²) < 4.78 is 33.3. The number of hydrogen-bond donors (Lipinski definition) is 0.